The zero-order valence-electron chi connectivity index (χ0n) is 12.0. The zero-order chi connectivity index (χ0) is 13.6. The Labute approximate surface area is 111 Å². The van der Waals surface area contributed by atoms with E-state index in [1.165, 1.54) is 0 Å². The molecule has 0 bridgehead atoms. The molecule has 1 saturated heterocycles. The quantitative estimate of drug-likeness (QED) is 0.725. The predicted octanol–water partition coefficient (Wildman–Crippen LogP) is 3.36. The van der Waals surface area contributed by atoms with Gasteiger partial charge < -0.3 is 4.90 Å². The molecular formula is C15H26N2O. The number of nitriles is 1. The predicted molar refractivity (Wildman–Crippen MR) is 72.8 cm³/mol. The average Bonchev–Trinajstić information content (AvgIpc) is 2.86. The molecule has 0 N–H and O–H groups in total. The molecule has 1 atom stereocenters. The van der Waals surface area contributed by atoms with Gasteiger partial charge in [-0.1, -0.05) is 40.0 Å². The fraction of sp³-hybridized carbons (Fsp3) is 0.867. The number of rotatable bonds is 6. The number of carbonyl (C=O) groups is 1. The molecule has 3 nitrogen and oxygen atoms in total. The molecule has 0 aliphatic carbocycles. The van der Waals surface area contributed by atoms with Gasteiger partial charge >= 0.3 is 0 Å². The Balaban J connectivity index is 2.80. The maximum atomic E-state index is 12.6. The summed E-state index contributed by atoms with van der Waals surface area (Å²) >= 11 is 0. The molecule has 1 rings (SSSR count). The van der Waals surface area contributed by atoms with Gasteiger partial charge in [-0.15, -0.1) is 0 Å². The van der Waals surface area contributed by atoms with E-state index in [9.17, 15) is 10.1 Å². The molecule has 0 radical (unpaired) electrons. The summed E-state index contributed by atoms with van der Waals surface area (Å²) in [5.41, 5.74) is -0.758. The van der Waals surface area contributed by atoms with Crippen LogP contribution in [0.4, 0.5) is 0 Å². The fourth-order valence-electron chi connectivity index (χ4n) is 3.01. The second-order valence-electron chi connectivity index (χ2n) is 5.51. The molecular weight excluding hydrogens is 224 g/mol. The molecule has 0 aromatic rings. The van der Waals surface area contributed by atoms with E-state index in [0.717, 1.165) is 38.8 Å². The Kier molecular flexibility index (Phi) is 5.65. The molecule has 3 heteroatoms. The van der Waals surface area contributed by atoms with Crippen LogP contribution in [-0.4, -0.2) is 23.9 Å². The van der Waals surface area contributed by atoms with Gasteiger partial charge in [0.15, 0.2) is 0 Å². The number of hydrogen-bond acceptors (Lipinski definition) is 2. The molecule has 1 fully saturated rings. The summed E-state index contributed by atoms with van der Waals surface area (Å²) in [4.78, 5) is 14.6. The van der Waals surface area contributed by atoms with Crippen LogP contribution >= 0.6 is 0 Å². The summed E-state index contributed by atoms with van der Waals surface area (Å²) in [5.74, 6) is 0.721. The Morgan fingerprint density at radius 2 is 1.94 bits per heavy atom. The summed E-state index contributed by atoms with van der Waals surface area (Å²) in [5, 5.41) is 9.50. The highest BCUT2D eigenvalue weighted by atomic mass is 16.2. The minimum atomic E-state index is -0.758. The van der Waals surface area contributed by atoms with E-state index in [1.807, 2.05) is 18.7 Å². The number of likely N-dealkylation sites (tertiary alicyclic amines) is 1. The van der Waals surface area contributed by atoms with Crippen LogP contribution in [0.15, 0.2) is 0 Å². The van der Waals surface area contributed by atoms with E-state index in [-0.39, 0.29) is 5.91 Å². The molecule has 18 heavy (non-hydrogen) atoms. The van der Waals surface area contributed by atoms with Gasteiger partial charge in [-0.25, -0.2) is 0 Å². The van der Waals surface area contributed by atoms with Crippen molar-refractivity contribution in [2.45, 2.75) is 59.3 Å². The second kappa shape index (κ2) is 6.78. The van der Waals surface area contributed by atoms with Crippen molar-refractivity contribution in [1.82, 2.24) is 4.90 Å². The van der Waals surface area contributed by atoms with Crippen molar-refractivity contribution in [3.63, 3.8) is 0 Å². The highest BCUT2D eigenvalue weighted by molar-refractivity contribution is 5.85. The van der Waals surface area contributed by atoms with Gasteiger partial charge in [0, 0.05) is 13.1 Å². The standard InChI is InChI=1S/C15H26N2O/c1-4-8-15(12-16,9-5-2)14(18)17-10-7-13(6-3)11-17/h13H,4-11H2,1-3H3. The number of nitrogens with zero attached hydrogens (tertiary/aromatic N) is 2. The Morgan fingerprint density at radius 1 is 1.33 bits per heavy atom. The third kappa shape index (κ3) is 3.04. The first-order valence-corrected chi connectivity index (χ1v) is 7.34. The summed E-state index contributed by atoms with van der Waals surface area (Å²) in [6.07, 6.45) is 5.41. The van der Waals surface area contributed by atoms with Gasteiger partial charge in [-0.3, -0.25) is 4.79 Å². The lowest BCUT2D eigenvalue weighted by atomic mass is 9.79. The normalized spacial score (nSPS) is 19.9. The maximum Gasteiger partial charge on any atom is 0.243 e. The smallest absolute Gasteiger partial charge is 0.243 e. The topological polar surface area (TPSA) is 44.1 Å². The van der Waals surface area contributed by atoms with Crippen molar-refractivity contribution in [2.24, 2.45) is 11.3 Å². The Bertz CT molecular complexity index is 313. The van der Waals surface area contributed by atoms with Gasteiger partial charge in [0.2, 0.25) is 5.91 Å². The first kappa shape index (κ1) is 15.0. The molecule has 1 aliphatic rings. The molecule has 1 unspecified atom stereocenters. The molecule has 0 aromatic carbocycles. The third-order valence-corrected chi connectivity index (χ3v) is 4.13. The second-order valence-corrected chi connectivity index (χ2v) is 5.51. The summed E-state index contributed by atoms with van der Waals surface area (Å²) < 4.78 is 0. The summed E-state index contributed by atoms with van der Waals surface area (Å²) in [6.45, 7) is 7.97. The number of hydrogen-bond donors (Lipinski definition) is 0. The van der Waals surface area contributed by atoms with Crippen LogP contribution in [0.3, 0.4) is 0 Å². The molecule has 1 aliphatic heterocycles. The van der Waals surface area contributed by atoms with E-state index in [0.29, 0.717) is 18.8 Å². The van der Waals surface area contributed by atoms with Crippen molar-refractivity contribution in [1.29, 1.82) is 5.26 Å². The monoisotopic (exact) mass is 250 g/mol. The lowest BCUT2D eigenvalue weighted by molar-refractivity contribution is -0.138. The van der Waals surface area contributed by atoms with Crippen molar-refractivity contribution in [2.75, 3.05) is 13.1 Å². The number of carbonyl (C=O) groups excluding carboxylic acids is 1. The van der Waals surface area contributed by atoms with E-state index < -0.39 is 5.41 Å². The van der Waals surface area contributed by atoms with Crippen molar-refractivity contribution >= 4 is 5.91 Å². The zero-order valence-corrected chi connectivity index (χ0v) is 12.0. The number of amides is 1. The fourth-order valence-corrected chi connectivity index (χ4v) is 3.01. The van der Waals surface area contributed by atoms with E-state index in [4.69, 9.17) is 0 Å². The Morgan fingerprint density at radius 3 is 2.33 bits per heavy atom. The van der Waals surface area contributed by atoms with Crippen LogP contribution in [0.1, 0.15) is 59.3 Å². The van der Waals surface area contributed by atoms with Crippen molar-refractivity contribution < 1.29 is 4.79 Å². The first-order chi connectivity index (χ1) is 8.63. The summed E-state index contributed by atoms with van der Waals surface area (Å²) in [6, 6.07) is 2.34. The summed E-state index contributed by atoms with van der Waals surface area (Å²) in [7, 11) is 0. The molecule has 0 saturated carbocycles. The maximum absolute atomic E-state index is 12.6. The van der Waals surface area contributed by atoms with Crippen molar-refractivity contribution in [3.8, 4) is 6.07 Å². The Hall–Kier alpha value is -1.04. The minimum absolute atomic E-state index is 0.0876. The SMILES string of the molecule is CCCC(C#N)(CCC)C(=O)N1CCC(CC)C1. The van der Waals surface area contributed by atoms with E-state index in [1.54, 1.807) is 0 Å². The van der Waals surface area contributed by atoms with E-state index >= 15 is 0 Å². The molecule has 1 heterocycles. The molecule has 0 spiro atoms. The average molecular weight is 250 g/mol. The largest absolute Gasteiger partial charge is 0.341 e. The highest BCUT2D eigenvalue weighted by Gasteiger charge is 2.41. The lowest BCUT2D eigenvalue weighted by Gasteiger charge is -2.30. The lowest BCUT2D eigenvalue weighted by Crippen LogP contribution is -2.42. The first-order valence-electron chi connectivity index (χ1n) is 7.34. The van der Waals surface area contributed by atoms with Crippen LogP contribution < -0.4 is 0 Å². The molecule has 0 aromatic heterocycles. The van der Waals surface area contributed by atoms with Crippen LogP contribution in [0.25, 0.3) is 0 Å². The van der Waals surface area contributed by atoms with Crippen LogP contribution in [0.2, 0.25) is 0 Å². The van der Waals surface area contributed by atoms with Crippen LogP contribution in [0, 0.1) is 22.7 Å². The van der Waals surface area contributed by atoms with Gasteiger partial charge in [-0.2, -0.15) is 5.26 Å². The van der Waals surface area contributed by atoms with Crippen LogP contribution in [-0.2, 0) is 4.79 Å². The molecule has 1 amide bonds. The van der Waals surface area contributed by atoms with Gasteiger partial charge in [0.25, 0.3) is 0 Å². The van der Waals surface area contributed by atoms with Gasteiger partial charge in [-0.05, 0) is 25.2 Å². The van der Waals surface area contributed by atoms with Crippen LogP contribution in [0.5, 0.6) is 0 Å². The van der Waals surface area contributed by atoms with Crippen molar-refractivity contribution in [3.05, 3.63) is 0 Å². The van der Waals surface area contributed by atoms with Gasteiger partial charge in [0.05, 0.1) is 6.07 Å². The third-order valence-electron chi connectivity index (χ3n) is 4.13. The van der Waals surface area contributed by atoms with E-state index in [2.05, 4.69) is 13.0 Å². The van der Waals surface area contributed by atoms with Gasteiger partial charge in [0.1, 0.15) is 5.41 Å². The minimum Gasteiger partial charge on any atom is -0.341 e. The molecule has 102 valence electrons. The highest BCUT2D eigenvalue weighted by Crippen LogP contribution is 2.34.